The zero-order valence-corrected chi connectivity index (χ0v) is 11.9. The third kappa shape index (κ3) is 6.00. The van der Waals surface area contributed by atoms with Crippen LogP contribution in [0.25, 0.3) is 0 Å². The minimum absolute atomic E-state index is 0.393. The summed E-state index contributed by atoms with van der Waals surface area (Å²) in [6.45, 7) is 4.17. The summed E-state index contributed by atoms with van der Waals surface area (Å²) in [4.78, 5) is 11.2. The molecule has 0 saturated heterocycles. The van der Waals surface area contributed by atoms with E-state index < -0.39 is 0 Å². The number of rotatable bonds is 9. The zero-order chi connectivity index (χ0) is 13.2. The number of unbranched alkanes of at least 4 members (excludes halogenated alkanes) is 2. The molecular weight excluding hydrogens is 220 g/mol. The maximum Gasteiger partial charge on any atom is 0.132 e. The van der Waals surface area contributed by atoms with E-state index in [2.05, 4.69) is 31.2 Å². The van der Waals surface area contributed by atoms with E-state index in [0.29, 0.717) is 12.2 Å². The highest BCUT2D eigenvalue weighted by atomic mass is 16.1. The van der Waals surface area contributed by atoms with E-state index in [-0.39, 0.29) is 0 Å². The SMILES string of the molecule is CCCCc1ccc(CCCCC(=O)CC)cc1. The number of benzene rings is 1. The third-order valence-electron chi connectivity index (χ3n) is 3.41. The van der Waals surface area contributed by atoms with Crippen LogP contribution in [0.4, 0.5) is 0 Å². The summed E-state index contributed by atoms with van der Waals surface area (Å²) < 4.78 is 0. The molecule has 1 aromatic rings. The van der Waals surface area contributed by atoms with E-state index in [1.807, 2.05) is 6.92 Å². The van der Waals surface area contributed by atoms with E-state index in [4.69, 9.17) is 0 Å². The van der Waals surface area contributed by atoms with Crippen molar-refractivity contribution in [3.63, 3.8) is 0 Å². The second kappa shape index (κ2) is 8.91. The fourth-order valence-electron chi connectivity index (χ4n) is 2.08. The molecule has 1 aromatic carbocycles. The van der Waals surface area contributed by atoms with Gasteiger partial charge in [0.2, 0.25) is 0 Å². The van der Waals surface area contributed by atoms with Crippen molar-refractivity contribution in [2.75, 3.05) is 0 Å². The van der Waals surface area contributed by atoms with Gasteiger partial charge in [0.15, 0.2) is 0 Å². The summed E-state index contributed by atoms with van der Waals surface area (Å²) in [5.74, 6) is 0.393. The number of carbonyl (C=O) groups is 1. The van der Waals surface area contributed by atoms with Gasteiger partial charge in [0.1, 0.15) is 5.78 Å². The van der Waals surface area contributed by atoms with Gasteiger partial charge in [-0.3, -0.25) is 4.79 Å². The van der Waals surface area contributed by atoms with Gasteiger partial charge in [-0.1, -0.05) is 44.5 Å². The molecular formula is C17H26O. The molecule has 100 valence electrons. The number of Topliss-reactive ketones (excluding diaryl/α,β-unsaturated/α-hetero) is 1. The Kier molecular flexibility index (Phi) is 7.40. The van der Waals surface area contributed by atoms with Crippen LogP contribution in [0.15, 0.2) is 24.3 Å². The fourth-order valence-corrected chi connectivity index (χ4v) is 2.08. The van der Waals surface area contributed by atoms with Crippen LogP contribution in [0.2, 0.25) is 0 Å². The fraction of sp³-hybridized carbons (Fsp3) is 0.588. The predicted molar refractivity (Wildman–Crippen MR) is 77.9 cm³/mol. The molecule has 0 aliphatic heterocycles. The lowest BCUT2D eigenvalue weighted by molar-refractivity contribution is -0.118. The molecule has 0 saturated carbocycles. The minimum Gasteiger partial charge on any atom is -0.300 e. The van der Waals surface area contributed by atoms with Gasteiger partial charge in [-0.2, -0.15) is 0 Å². The van der Waals surface area contributed by atoms with E-state index in [0.717, 1.165) is 25.7 Å². The molecule has 18 heavy (non-hydrogen) atoms. The van der Waals surface area contributed by atoms with Crippen molar-refractivity contribution in [3.05, 3.63) is 35.4 Å². The van der Waals surface area contributed by atoms with Crippen molar-refractivity contribution in [2.45, 2.75) is 65.2 Å². The number of ketones is 1. The van der Waals surface area contributed by atoms with Gasteiger partial charge in [-0.15, -0.1) is 0 Å². The Hall–Kier alpha value is -1.11. The van der Waals surface area contributed by atoms with Gasteiger partial charge in [-0.05, 0) is 43.2 Å². The zero-order valence-electron chi connectivity index (χ0n) is 11.9. The Bertz CT molecular complexity index is 337. The van der Waals surface area contributed by atoms with Crippen molar-refractivity contribution in [3.8, 4) is 0 Å². The third-order valence-corrected chi connectivity index (χ3v) is 3.41. The van der Waals surface area contributed by atoms with Gasteiger partial charge >= 0.3 is 0 Å². The molecule has 0 atom stereocenters. The maximum atomic E-state index is 11.2. The first kappa shape index (κ1) is 14.9. The lowest BCUT2D eigenvalue weighted by atomic mass is 10.0. The lowest BCUT2D eigenvalue weighted by Crippen LogP contribution is -1.95. The number of aryl methyl sites for hydroxylation is 2. The average molecular weight is 246 g/mol. The summed E-state index contributed by atoms with van der Waals surface area (Å²) in [5, 5.41) is 0. The van der Waals surface area contributed by atoms with Crippen molar-refractivity contribution in [1.82, 2.24) is 0 Å². The Morgan fingerprint density at radius 2 is 1.44 bits per heavy atom. The molecule has 0 aliphatic carbocycles. The molecule has 0 heterocycles. The van der Waals surface area contributed by atoms with E-state index in [9.17, 15) is 4.79 Å². The van der Waals surface area contributed by atoms with Crippen LogP contribution in [0.1, 0.15) is 63.5 Å². The summed E-state index contributed by atoms with van der Waals surface area (Å²) >= 11 is 0. The van der Waals surface area contributed by atoms with E-state index in [1.165, 1.54) is 30.4 Å². The molecule has 0 amide bonds. The minimum atomic E-state index is 0.393. The molecule has 1 heteroatoms. The van der Waals surface area contributed by atoms with Gasteiger partial charge in [0.05, 0.1) is 0 Å². The monoisotopic (exact) mass is 246 g/mol. The Morgan fingerprint density at radius 1 is 0.889 bits per heavy atom. The predicted octanol–water partition coefficient (Wildman–Crippen LogP) is 4.72. The summed E-state index contributed by atoms with van der Waals surface area (Å²) in [7, 11) is 0. The van der Waals surface area contributed by atoms with Crippen LogP contribution in [0, 0.1) is 0 Å². The molecule has 1 nitrogen and oxygen atoms in total. The first-order chi connectivity index (χ1) is 8.76. The number of hydrogen-bond acceptors (Lipinski definition) is 1. The lowest BCUT2D eigenvalue weighted by Gasteiger charge is -2.04. The van der Waals surface area contributed by atoms with Gasteiger partial charge in [0, 0.05) is 12.8 Å². The van der Waals surface area contributed by atoms with Crippen LogP contribution in [-0.4, -0.2) is 5.78 Å². The largest absolute Gasteiger partial charge is 0.300 e. The molecule has 0 aliphatic rings. The van der Waals surface area contributed by atoms with Gasteiger partial charge in [0.25, 0.3) is 0 Å². The first-order valence-electron chi connectivity index (χ1n) is 7.35. The van der Waals surface area contributed by atoms with Crippen molar-refractivity contribution >= 4 is 5.78 Å². The smallest absolute Gasteiger partial charge is 0.132 e. The average Bonchev–Trinajstić information content (AvgIpc) is 2.42. The molecule has 0 fully saturated rings. The highest BCUT2D eigenvalue weighted by Crippen LogP contribution is 2.11. The van der Waals surface area contributed by atoms with Gasteiger partial charge < -0.3 is 0 Å². The van der Waals surface area contributed by atoms with E-state index >= 15 is 0 Å². The van der Waals surface area contributed by atoms with Crippen LogP contribution >= 0.6 is 0 Å². The van der Waals surface area contributed by atoms with Crippen molar-refractivity contribution in [2.24, 2.45) is 0 Å². The Labute approximate surface area is 112 Å². The summed E-state index contributed by atoms with van der Waals surface area (Å²) in [6, 6.07) is 8.99. The summed E-state index contributed by atoms with van der Waals surface area (Å²) in [6.07, 6.45) is 8.43. The topological polar surface area (TPSA) is 17.1 Å². The van der Waals surface area contributed by atoms with Crippen LogP contribution in [0.5, 0.6) is 0 Å². The highest BCUT2D eigenvalue weighted by molar-refractivity contribution is 5.77. The van der Waals surface area contributed by atoms with Crippen LogP contribution < -0.4 is 0 Å². The van der Waals surface area contributed by atoms with Crippen LogP contribution in [0.3, 0.4) is 0 Å². The van der Waals surface area contributed by atoms with Crippen LogP contribution in [-0.2, 0) is 17.6 Å². The Morgan fingerprint density at radius 3 is 1.94 bits per heavy atom. The molecule has 1 rings (SSSR count). The standard InChI is InChI=1S/C17H26O/c1-3-5-8-15-11-13-16(14-12-15)9-6-7-10-17(18)4-2/h11-14H,3-10H2,1-2H3. The molecule has 0 N–H and O–H groups in total. The Balaban J connectivity index is 2.24. The maximum absolute atomic E-state index is 11.2. The molecule has 0 spiro atoms. The second-order valence-corrected chi connectivity index (χ2v) is 5.02. The molecule has 0 unspecified atom stereocenters. The molecule has 0 bridgehead atoms. The number of carbonyl (C=O) groups excluding carboxylic acids is 1. The van der Waals surface area contributed by atoms with Gasteiger partial charge in [-0.25, -0.2) is 0 Å². The van der Waals surface area contributed by atoms with Crippen molar-refractivity contribution < 1.29 is 4.79 Å². The molecule has 0 radical (unpaired) electrons. The molecule has 0 aromatic heterocycles. The first-order valence-corrected chi connectivity index (χ1v) is 7.35. The normalized spacial score (nSPS) is 10.6. The quantitative estimate of drug-likeness (QED) is 0.576. The van der Waals surface area contributed by atoms with E-state index in [1.54, 1.807) is 0 Å². The highest BCUT2D eigenvalue weighted by Gasteiger charge is 1.99. The summed E-state index contributed by atoms with van der Waals surface area (Å²) in [5.41, 5.74) is 2.85. The van der Waals surface area contributed by atoms with Crippen molar-refractivity contribution in [1.29, 1.82) is 0 Å². The second-order valence-electron chi connectivity index (χ2n) is 5.02. The number of hydrogen-bond donors (Lipinski definition) is 0.